The Kier molecular flexibility index (Phi) is 11.4. The Hall–Kier alpha value is -8.46. The molecule has 336 valence electrons. The van der Waals surface area contributed by atoms with Crippen molar-refractivity contribution in [3.63, 3.8) is 0 Å². The Labute approximate surface area is 411 Å². The molecule has 10 aromatic carbocycles. The zero-order valence-electron chi connectivity index (χ0n) is 39.8. The minimum absolute atomic E-state index is 1.08. The second-order valence-electron chi connectivity index (χ2n) is 18.2. The Balaban J connectivity index is 0.00000249. The third kappa shape index (κ3) is 7.54. The molecule has 11 aromatic rings. The molecule has 0 N–H and O–H groups in total. The van der Waals surface area contributed by atoms with Gasteiger partial charge in [-0.1, -0.05) is 196 Å². The van der Waals surface area contributed by atoms with Crippen molar-refractivity contribution in [3.05, 3.63) is 254 Å². The van der Waals surface area contributed by atoms with E-state index in [2.05, 4.69) is 252 Å². The summed E-state index contributed by atoms with van der Waals surface area (Å²) >= 11 is 0. The fourth-order valence-corrected chi connectivity index (χ4v) is 11.0. The maximum absolute atomic E-state index is 2.50. The summed E-state index contributed by atoms with van der Waals surface area (Å²) in [5, 5.41) is 10.2. The van der Waals surface area contributed by atoms with Gasteiger partial charge in [0.05, 0.1) is 11.0 Å². The quantitative estimate of drug-likeness (QED) is 0.138. The monoisotopic (exact) mass is 898 g/mol. The standard InChI is InChI=1S/C66H48N2.C2H6/c1-4-16-45(17-5-1)47-28-30-48(31-29-47)50-32-38-53(39-33-50)67(52-20-8-3-9-21-52)54-42-36-51(37-43-54)61-44-62-57-23-11-13-25-59(57)66-65(64(62)58-24-12-10-22-56(58)61)60-26-14-15-27-63(60)68(66)55-40-34-49(35-41-55)46-18-6-2-7-19-46;1-2/h2-4,6,8-18,20-44H,1,5,7,19H2;1-2H3. The number of hydrogen-bond donors (Lipinski definition) is 0. The highest BCUT2D eigenvalue weighted by Gasteiger charge is 2.22. The van der Waals surface area contributed by atoms with Gasteiger partial charge in [0.1, 0.15) is 0 Å². The molecule has 1 aromatic heterocycles. The Morgan fingerprint density at radius 1 is 0.414 bits per heavy atom. The Morgan fingerprint density at radius 2 is 0.986 bits per heavy atom. The number of allylic oxidation sites excluding steroid dienone is 8. The lowest BCUT2D eigenvalue weighted by Gasteiger charge is -2.26. The first-order valence-electron chi connectivity index (χ1n) is 25.0. The minimum atomic E-state index is 1.08. The van der Waals surface area contributed by atoms with E-state index in [-0.39, 0.29) is 0 Å². The van der Waals surface area contributed by atoms with E-state index in [1.807, 2.05) is 13.8 Å². The molecule has 0 saturated heterocycles. The van der Waals surface area contributed by atoms with Crippen LogP contribution in [0, 0.1) is 0 Å². The highest BCUT2D eigenvalue weighted by molar-refractivity contribution is 6.38. The van der Waals surface area contributed by atoms with Gasteiger partial charge in [-0.2, -0.15) is 0 Å². The topological polar surface area (TPSA) is 8.17 Å². The molecular formula is C68H54N2. The fourth-order valence-electron chi connectivity index (χ4n) is 11.0. The molecule has 0 radical (unpaired) electrons. The number of aromatic nitrogens is 1. The van der Waals surface area contributed by atoms with Gasteiger partial charge in [-0.05, 0) is 152 Å². The van der Waals surface area contributed by atoms with E-state index in [0.29, 0.717) is 0 Å². The summed E-state index contributed by atoms with van der Waals surface area (Å²) in [4.78, 5) is 2.36. The second-order valence-corrected chi connectivity index (χ2v) is 18.2. The van der Waals surface area contributed by atoms with Gasteiger partial charge in [0.2, 0.25) is 0 Å². The molecule has 2 aliphatic carbocycles. The predicted octanol–water partition coefficient (Wildman–Crippen LogP) is 19.5. The maximum atomic E-state index is 2.50. The van der Waals surface area contributed by atoms with Crippen molar-refractivity contribution in [2.45, 2.75) is 39.5 Å². The molecule has 2 aliphatic rings. The summed E-state index contributed by atoms with van der Waals surface area (Å²) in [6.45, 7) is 4.00. The van der Waals surface area contributed by atoms with Crippen LogP contribution in [0.1, 0.15) is 50.7 Å². The largest absolute Gasteiger partial charge is 0.311 e. The third-order valence-corrected chi connectivity index (χ3v) is 14.3. The molecule has 0 aliphatic heterocycles. The first kappa shape index (κ1) is 42.9. The van der Waals surface area contributed by atoms with Gasteiger partial charge in [-0.15, -0.1) is 0 Å². The van der Waals surface area contributed by atoms with Crippen molar-refractivity contribution < 1.29 is 0 Å². The fraction of sp³-hybridized carbons (Fsp3) is 0.0882. The zero-order valence-corrected chi connectivity index (χ0v) is 39.8. The van der Waals surface area contributed by atoms with Gasteiger partial charge in [0, 0.05) is 44.3 Å². The van der Waals surface area contributed by atoms with Crippen molar-refractivity contribution in [1.82, 2.24) is 4.57 Å². The van der Waals surface area contributed by atoms with Crippen LogP contribution in [0.3, 0.4) is 0 Å². The highest BCUT2D eigenvalue weighted by atomic mass is 15.1. The number of rotatable bonds is 8. The summed E-state index contributed by atoms with van der Waals surface area (Å²) in [6.07, 6.45) is 18.0. The van der Waals surface area contributed by atoms with Crippen molar-refractivity contribution in [2.75, 3.05) is 4.90 Å². The van der Waals surface area contributed by atoms with Crippen molar-refractivity contribution in [3.8, 4) is 27.9 Å². The van der Waals surface area contributed by atoms with Crippen LogP contribution in [-0.4, -0.2) is 4.57 Å². The Bertz CT molecular complexity index is 3840. The number of fused-ring (bicyclic) bond motifs is 10. The third-order valence-electron chi connectivity index (χ3n) is 14.3. The molecular weight excluding hydrogens is 845 g/mol. The average molecular weight is 899 g/mol. The van der Waals surface area contributed by atoms with Crippen molar-refractivity contribution in [1.29, 1.82) is 0 Å². The second kappa shape index (κ2) is 18.6. The summed E-state index contributed by atoms with van der Waals surface area (Å²) in [5.41, 5.74) is 17.1. The summed E-state index contributed by atoms with van der Waals surface area (Å²) < 4.78 is 2.50. The van der Waals surface area contributed by atoms with E-state index >= 15 is 0 Å². The molecule has 2 heteroatoms. The smallest absolute Gasteiger partial charge is 0.0626 e. The molecule has 13 rings (SSSR count). The van der Waals surface area contributed by atoms with Crippen LogP contribution in [0.15, 0.2) is 243 Å². The van der Waals surface area contributed by atoms with E-state index in [4.69, 9.17) is 0 Å². The van der Waals surface area contributed by atoms with E-state index in [9.17, 15) is 0 Å². The zero-order chi connectivity index (χ0) is 47.0. The van der Waals surface area contributed by atoms with Crippen molar-refractivity contribution >= 4 is 82.3 Å². The average Bonchev–Trinajstić information content (AvgIpc) is 3.80. The van der Waals surface area contributed by atoms with Crippen LogP contribution in [0.25, 0.3) is 93.2 Å². The Morgan fingerprint density at radius 3 is 1.66 bits per heavy atom. The van der Waals surface area contributed by atoms with Gasteiger partial charge in [-0.3, -0.25) is 0 Å². The van der Waals surface area contributed by atoms with Gasteiger partial charge in [0.25, 0.3) is 0 Å². The molecule has 0 fully saturated rings. The summed E-state index contributed by atoms with van der Waals surface area (Å²) in [7, 11) is 0. The van der Waals surface area contributed by atoms with E-state index in [0.717, 1.165) is 42.7 Å². The highest BCUT2D eigenvalue weighted by Crippen LogP contribution is 2.47. The first-order chi connectivity index (χ1) is 34.7. The van der Waals surface area contributed by atoms with Gasteiger partial charge < -0.3 is 9.47 Å². The molecule has 1 heterocycles. The molecule has 2 nitrogen and oxygen atoms in total. The van der Waals surface area contributed by atoms with Gasteiger partial charge in [0.15, 0.2) is 0 Å². The van der Waals surface area contributed by atoms with E-state index in [1.54, 1.807) is 0 Å². The van der Waals surface area contributed by atoms with Gasteiger partial charge >= 0.3 is 0 Å². The van der Waals surface area contributed by atoms with Crippen LogP contribution >= 0.6 is 0 Å². The van der Waals surface area contributed by atoms with E-state index < -0.39 is 0 Å². The minimum Gasteiger partial charge on any atom is -0.311 e. The van der Waals surface area contributed by atoms with Crippen LogP contribution in [-0.2, 0) is 0 Å². The molecule has 0 unspecified atom stereocenters. The van der Waals surface area contributed by atoms with Crippen LogP contribution in [0.5, 0.6) is 0 Å². The van der Waals surface area contributed by atoms with Crippen LogP contribution in [0.4, 0.5) is 17.1 Å². The van der Waals surface area contributed by atoms with Crippen LogP contribution < -0.4 is 4.90 Å². The molecule has 0 bridgehead atoms. The summed E-state index contributed by atoms with van der Waals surface area (Å²) in [5.74, 6) is 0. The number of hydrogen-bond acceptors (Lipinski definition) is 1. The number of para-hydroxylation sites is 2. The lowest BCUT2D eigenvalue weighted by molar-refractivity contribution is 1.04. The van der Waals surface area contributed by atoms with Gasteiger partial charge in [-0.25, -0.2) is 0 Å². The molecule has 0 atom stereocenters. The molecule has 70 heavy (non-hydrogen) atoms. The summed E-state index contributed by atoms with van der Waals surface area (Å²) in [6, 6.07) is 76.6. The maximum Gasteiger partial charge on any atom is 0.0626 e. The molecule has 0 saturated carbocycles. The predicted molar refractivity (Wildman–Crippen MR) is 303 cm³/mol. The first-order valence-corrected chi connectivity index (χ1v) is 25.0. The van der Waals surface area contributed by atoms with E-state index in [1.165, 1.54) is 104 Å². The number of anilines is 3. The number of nitrogens with zero attached hydrogens (tertiary/aromatic N) is 2. The molecule has 0 amide bonds. The lowest BCUT2D eigenvalue weighted by Crippen LogP contribution is -2.09. The van der Waals surface area contributed by atoms with Crippen molar-refractivity contribution in [2.24, 2.45) is 0 Å². The lowest BCUT2D eigenvalue weighted by atomic mass is 9.88. The molecule has 0 spiro atoms. The van der Waals surface area contributed by atoms with Crippen LogP contribution in [0.2, 0.25) is 0 Å². The SMILES string of the molecule is C1=CCCC(c2ccc(-n3c4ccccc4c4c5c6ccccc6c(-c6ccc(N(c7ccccc7)c7ccc(-c8ccc(C9=CCCC=C9)cc8)cc7)cc6)cc5c5ccccc5c43)cc2)=C1.CC. The number of benzene rings is 10. The normalized spacial score (nSPS) is 13.4.